The zero-order chi connectivity index (χ0) is 15.1. The molecule has 0 unspecified atom stereocenters. The van der Waals surface area contributed by atoms with Crippen LogP contribution in [0.1, 0.15) is 12.0 Å². The lowest BCUT2D eigenvalue weighted by molar-refractivity contribution is -0.116. The molecule has 0 bridgehead atoms. The molecular formula is C15H15ClFN3O. The number of nitrogens with one attached hydrogen (secondary N) is 2. The second-order valence-corrected chi connectivity index (χ2v) is 4.87. The number of amides is 1. The van der Waals surface area contributed by atoms with Gasteiger partial charge < -0.3 is 10.6 Å². The molecule has 0 aliphatic rings. The first-order valence-corrected chi connectivity index (χ1v) is 6.87. The van der Waals surface area contributed by atoms with Crippen molar-refractivity contribution in [3.8, 4) is 0 Å². The monoisotopic (exact) mass is 307 g/mol. The molecule has 4 nitrogen and oxygen atoms in total. The Morgan fingerprint density at radius 1 is 1.33 bits per heavy atom. The smallest absolute Gasteiger partial charge is 0.225 e. The highest BCUT2D eigenvalue weighted by atomic mass is 35.5. The molecule has 1 aromatic carbocycles. The molecular weight excluding hydrogens is 293 g/mol. The third-order valence-corrected chi connectivity index (χ3v) is 3.07. The van der Waals surface area contributed by atoms with Gasteiger partial charge in [0.25, 0.3) is 0 Å². The van der Waals surface area contributed by atoms with Crippen LogP contribution in [0.5, 0.6) is 0 Å². The van der Waals surface area contributed by atoms with Crippen molar-refractivity contribution >= 4 is 23.2 Å². The standard InChI is InChI=1S/C15H15ClFN3O/c16-13-8-12(3-4-14(13)17)20-15(21)5-7-19-10-11-2-1-6-18-9-11/h1-4,6,8-9,19H,5,7,10H2,(H,20,21). The van der Waals surface area contributed by atoms with Crippen LogP contribution < -0.4 is 10.6 Å². The van der Waals surface area contributed by atoms with Crippen molar-refractivity contribution in [3.05, 3.63) is 59.1 Å². The molecule has 0 spiro atoms. The molecule has 110 valence electrons. The first kappa shape index (κ1) is 15.4. The second-order valence-electron chi connectivity index (χ2n) is 4.47. The fraction of sp³-hybridized carbons (Fsp3) is 0.200. The van der Waals surface area contributed by atoms with Crippen molar-refractivity contribution in [1.82, 2.24) is 10.3 Å². The first-order valence-electron chi connectivity index (χ1n) is 6.49. The van der Waals surface area contributed by atoms with Crippen molar-refractivity contribution in [2.75, 3.05) is 11.9 Å². The Balaban J connectivity index is 1.71. The fourth-order valence-electron chi connectivity index (χ4n) is 1.73. The van der Waals surface area contributed by atoms with E-state index in [1.54, 1.807) is 12.4 Å². The van der Waals surface area contributed by atoms with Gasteiger partial charge in [-0.05, 0) is 29.8 Å². The van der Waals surface area contributed by atoms with Crippen LogP contribution in [0.25, 0.3) is 0 Å². The van der Waals surface area contributed by atoms with Gasteiger partial charge in [0.1, 0.15) is 5.82 Å². The van der Waals surface area contributed by atoms with Crippen LogP contribution in [0.3, 0.4) is 0 Å². The third-order valence-electron chi connectivity index (χ3n) is 2.78. The van der Waals surface area contributed by atoms with Gasteiger partial charge in [0.05, 0.1) is 5.02 Å². The van der Waals surface area contributed by atoms with E-state index in [4.69, 9.17) is 11.6 Å². The molecule has 1 amide bonds. The number of anilines is 1. The zero-order valence-corrected chi connectivity index (χ0v) is 12.0. The number of hydrogen-bond donors (Lipinski definition) is 2. The quantitative estimate of drug-likeness (QED) is 0.807. The molecule has 0 saturated carbocycles. The van der Waals surface area contributed by atoms with Crippen molar-refractivity contribution in [3.63, 3.8) is 0 Å². The summed E-state index contributed by atoms with van der Waals surface area (Å²) in [4.78, 5) is 15.7. The van der Waals surface area contributed by atoms with Crippen LogP contribution in [0, 0.1) is 5.82 Å². The minimum absolute atomic E-state index is 0.0116. The highest BCUT2D eigenvalue weighted by Gasteiger charge is 2.05. The number of benzene rings is 1. The van der Waals surface area contributed by atoms with Gasteiger partial charge >= 0.3 is 0 Å². The van der Waals surface area contributed by atoms with Crippen molar-refractivity contribution < 1.29 is 9.18 Å². The van der Waals surface area contributed by atoms with E-state index >= 15 is 0 Å². The van der Waals surface area contributed by atoms with Crippen LogP contribution in [-0.4, -0.2) is 17.4 Å². The molecule has 1 heterocycles. The zero-order valence-electron chi connectivity index (χ0n) is 11.3. The normalized spacial score (nSPS) is 10.4. The summed E-state index contributed by atoms with van der Waals surface area (Å²) in [5, 5.41) is 5.81. The number of carbonyl (C=O) groups is 1. The molecule has 6 heteroatoms. The van der Waals surface area contributed by atoms with Gasteiger partial charge in [-0.25, -0.2) is 4.39 Å². The van der Waals surface area contributed by atoms with E-state index in [9.17, 15) is 9.18 Å². The van der Waals surface area contributed by atoms with Gasteiger partial charge in [0.15, 0.2) is 0 Å². The molecule has 0 fully saturated rings. The largest absolute Gasteiger partial charge is 0.326 e. The maximum absolute atomic E-state index is 13.0. The van der Waals surface area contributed by atoms with Crippen molar-refractivity contribution in [1.29, 1.82) is 0 Å². The van der Waals surface area contributed by atoms with Crippen LogP contribution in [-0.2, 0) is 11.3 Å². The van der Waals surface area contributed by atoms with Crippen LogP contribution in [0.2, 0.25) is 5.02 Å². The van der Waals surface area contributed by atoms with Gasteiger partial charge in [-0.1, -0.05) is 17.7 Å². The topological polar surface area (TPSA) is 54.0 Å². The summed E-state index contributed by atoms with van der Waals surface area (Å²) in [5.74, 6) is -0.663. The van der Waals surface area contributed by atoms with Gasteiger partial charge in [0, 0.05) is 37.6 Å². The first-order chi connectivity index (χ1) is 10.1. The lowest BCUT2D eigenvalue weighted by Crippen LogP contribution is -2.21. The lowest BCUT2D eigenvalue weighted by Gasteiger charge is -2.07. The van der Waals surface area contributed by atoms with E-state index < -0.39 is 5.82 Å². The number of halogens is 2. The Bertz CT molecular complexity index is 607. The van der Waals surface area contributed by atoms with E-state index in [1.165, 1.54) is 18.2 Å². The highest BCUT2D eigenvalue weighted by Crippen LogP contribution is 2.19. The molecule has 0 saturated heterocycles. The maximum Gasteiger partial charge on any atom is 0.225 e. The minimum atomic E-state index is -0.507. The lowest BCUT2D eigenvalue weighted by atomic mass is 10.2. The molecule has 2 aromatic rings. The van der Waals surface area contributed by atoms with Crippen molar-refractivity contribution in [2.24, 2.45) is 0 Å². The Morgan fingerprint density at radius 2 is 2.19 bits per heavy atom. The molecule has 2 rings (SSSR count). The van der Waals surface area contributed by atoms with Crippen LogP contribution >= 0.6 is 11.6 Å². The molecule has 0 radical (unpaired) electrons. The number of aromatic nitrogens is 1. The average Bonchev–Trinajstić information content (AvgIpc) is 2.49. The SMILES string of the molecule is O=C(CCNCc1cccnc1)Nc1ccc(F)c(Cl)c1. The number of carbonyl (C=O) groups excluding carboxylic acids is 1. The Labute approximate surface area is 127 Å². The fourth-order valence-corrected chi connectivity index (χ4v) is 1.92. The van der Waals surface area contributed by atoms with E-state index in [2.05, 4.69) is 15.6 Å². The van der Waals surface area contributed by atoms with E-state index in [1.807, 2.05) is 12.1 Å². The summed E-state index contributed by atoms with van der Waals surface area (Å²) in [6, 6.07) is 7.90. The average molecular weight is 308 g/mol. The Hall–Kier alpha value is -1.98. The molecule has 0 aliphatic heterocycles. The molecule has 0 atom stereocenters. The third kappa shape index (κ3) is 5.13. The summed E-state index contributed by atoms with van der Waals surface area (Å²) in [6.45, 7) is 1.19. The number of hydrogen-bond acceptors (Lipinski definition) is 3. The van der Waals surface area contributed by atoms with Gasteiger partial charge in [-0.3, -0.25) is 9.78 Å². The predicted octanol–water partition coefficient (Wildman–Crippen LogP) is 2.99. The van der Waals surface area contributed by atoms with E-state index in [0.29, 0.717) is 25.2 Å². The predicted molar refractivity (Wildman–Crippen MR) is 80.6 cm³/mol. The Kier molecular flexibility index (Phi) is 5.66. The van der Waals surface area contributed by atoms with Gasteiger partial charge in [-0.2, -0.15) is 0 Å². The summed E-state index contributed by atoms with van der Waals surface area (Å²) in [7, 11) is 0. The highest BCUT2D eigenvalue weighted by molar-refractivity contribution is 6.31. The minimum Gasteiger partial charge on any atom is -0.326 e. The number of nitrogens with zero attached hydrogens (tertiary/aromatic N) is 1. The number of pyridine rings is 1. The van der Waals surface area contributed by atoms with E-state index in [-0.39, 0.29) is 10.9 Å². The van der Waals surface area contributed by atoms with Crippen LogP contribution in [0.4, 0.5) is 10.1 Å². The number of rotatable bonds is 6. The van der Waals surface area contributed by atoms with Crippen molar-refractivity contribution in [2.45, 2.75) is 13.0 Å². The van der Waals surface area contributed by atoms with Crippen LogP contribution in [0.15, 0.2) is 42.7 Å². The molecule has 1 aromatic heterocycles. The van der Waals surface area contributed by atoms with E-state index in [0.717, 1.165) is 5.56 Å². The molecule has 2 N–H and O–H groups in total. The summed E-state index contributed by atoms with van der Waals surface area (Å²) in [6.07, 6.45) is 3.80. The van der Waals surface area contributed by atoms with Gasteiger partial charge in [0.2, 0.25) is 5.91 Å². The molecule has 21 heavy (non-hydrogen) atoms. The molecule has 0 aliphatic carbocycles. The summed E-state index contributed by atoms with van der Waals surface area (Å²) in [5.41, 5.74) is 1.54. The van der Waals surface area contributed by atoms with Gasteiger partial charge in [-0.15, -0.1) is 0 Å². The summed E-state index contributed by atoms with van der Waals surface area (Å²) >= 11 is 5.65. The Morgan fingerprint density at radius 3 is 2.90 bits per heavy atom. The summed E-state index contributed by atoms with van der Waals surface area (Å²) < 4.78 is 13.0. The second kappa shape index (κ2) is 7.71. The maximum atomic E-state index is 13.0.